The largest absolute Gasteiger partial charge is 0.457 e. The normalized spacial score (nSPS) is 14.6. The Morgan fingerprint density at radius 3 is 2.50 bits per heavy atom. The number of anilines is 2. The van der Waals surface area contributed by atoms with Gasteiger partial charge in [0.1, 0.15) is 11.5 Å². The van der Waals surface area contributed by atoms with Crippen LogP contribution in [0.5, 0.6) is 11.5 Å². The first kappa shape index (κ1) is 24.3. The molecule has 1 aliphatic rings. The number of para-hydroxylation sites is 1. The van der Waals surface area contributed by atoms with E-state index in [0.29, 0.717) is 22.3 Å². The zero-order chi connectivity index (χ0) is 24.1. The van der Waals surface area contributed by atoms with Gasteiger partial charge in [-0.1, -0.05) is 12.1 Å². The monoisotopic (exact) mass is 519 g/mol. The molecule has 4 rings (SSSR count). The predicted molar refractivity (Wildman–Crippen MR) is 138 cm³/mol. The van der Waals surface area contributed by atoms with Gasteiger partial charge in [-0.25, -0.2) is 13.4 Å². The first-order valence-electron chi connectivity index (χ1n) is 10.5. The van der Waals surface area contributed by atoms with E-state index in [1.165, 1.54) is 11.3 Å². The third-order valence-corrected chi connectivity index (χ3v) is 7.26. The Morgan fingerprint density at radius 2 is 1.79 bits per heavy atom. The molecule has 1 fully saturated rings. The number of nitrogens with zero attached hydrogens (tertiary/aromatic N) is 3. The van der Waals surface area contributed by atoms with Gasteiger partial charge in [0.05, 0.1) is 11.9 Å². The quantitative estimate of drug-likeness (QED) is 0.443. The van der Waals surface area contributed by atoms with Crippen LogP contribution in [0.2, 0.25) is 0 Å². The van der Waals surface area contributed by atoms with Crippen molar-refractivity contribution in [3.8, 4) is 22.8 Å². The lowest BCUT2D eigenvalue weighted by molar-refractivity contribution is 0.172. The maximum atomic E-state index is 12.4. The number of nitrogens with one attached hydrogen (secondary N) is 2. The maximum Gasteiger partial charge on any atom is 0.302 e. The minimum atomic E-state index is -3.34. The highest BCUT2D eigenvalue weighted by atomic mass is 32.2. The summed E-state index contributed by atoms with van der Waals surface area (Å²) in [6.45, 7) is 3.20. The molecule has 34 heavy (non-hydrogen) atoms. The fourth-order valence-electron chi connectivity index (χ4n) is 3.28. The minimum absolute atomic E-state index is 0.0117. The molecule has 1 aromatic heterocycles. The van der Waals surface area contributed by atoms with Gasteiger partial charge in [-0.05, 0) is 43.4 Å². The standard InChI is InChI=1S/C22H25N5O4S3/c1-26-11-13-27(14-12-26)22(28)33-24-21-23-19(15-32-21)18-5-3-4-6-20(18)31-17-9-7-16(8-10-17)25-34(2,29)30/h3-10,15,25H,11-14H2,1-2H3,(H,23,24). The van der Waals surface area contributed by atoms with Crippen LogP contribution in [0.4, 0.5) is 15.6 Å². The van der Waals surface area contributed by atoms with Crippen molar-refractivity contribution in [3.05, 3.63) is 53.9 Å². The lowest BCUT2D eigenvalue weighted by atomic mass is 10.1. The predicted octanol–water partition coefficient (Wildman–Crippen LogP) is 4.40. The lowest BCUT2D eigenvalue weighted by Crippen LogP contribution is -2.46. The number of hydrogen-bond donors (Lipinski definition) is 2. The van der Waals surface area contributed by atoms with E-state index in [1.807, 2.05) is 34.5 Å². The van der Waals surface area contributed by atoms with E-state index in [2.05, 4.69) is 26.4 Å². The van der Waals surface area contributed by atoms with Gasteiger partial charge in [-0.2, -0.15) is 0 Å². The maximum absolute atomic E-state index is 12.4. The number of aromatic nitrogens is 1. The third kappa shape index (κ3) is 6.63. The van der Waals surface area contributed by atoms with Crippen LogP contribution in [0.25, 0.3) is 11.3 Å². The molecule has 2 N–H and O–H groups in total. The minimum Gasteiger partial charge on any atom is -0.457 e. The van der Waals surface area contributed by atoms with Crippen molar-refractivity contribution < 1.29 is 17.9 Å². The third-order valence-electron chi connectivity index (χ3n) is 5.04. The van der Waals surface area contributed by atoms with Gasteiger partial charge < -0.3 is 14.5 Å². The number of likely N-dealkylation sites (N-methyl/N-ethyl adjacent to an activating group) is 1. The molecule has 9 nitrogen and oxygen atoms in total. The van der Waals surface area contributed by atoms with Crippen LogP contribution in [0, 0.1) is 0 Å². The topological polar surface area (TPSA) is 104 Å². The summed E-state index contributed by atoms with van der Waals surface area (Å²) in [5, 5.41) is 2.53. The van der Waals surface area contributed by atoms with E-state index in [9.17, 15) is 13.2 Å². The molecule has 0 unspecified atom stereocenters. The summed E-state index contributed by atoms with van der Waals surface area (Å²) in [6, 6.07) is 14.2. The summed E-state index contributed by atoms with van der Waals surface area (Å²) in [7, 11) is -1.29. The summed E-state index contributed by atoms with van der Waals surface area (Å²) in [4.78, 5) is 21.1. The molecule has 0 aliphatic carbocycles. The molecule has 0 atom stereocenters. The van der Waals surface area contributed by atoms with E-state index in [0.717, 1.165) is 55.6 Å². The van der Waals surface area contributed by atoms with Crippen LogP contribution in [0.3, 0.4) is 0 Å². The molecule has 1 aliphatic heterocycles. The average Bonchev–Trinajstić information content (AvgIpc) is 3.27. The molecule has 1 amide bonds. The van der Waals surface area contributed by atoms with E-state index >= 15 is 0 Å². The van der Waals surface area contributed by atoms with E-state index in [1.54, 1.807) is 24.3 Å². The Bertz CT molecular complexity index is 1240. The van der Waals surface area contributed by atoms with Crippen LogP contribution in [-0.2, 0) is 10.0 Å². The number of piperazine rings is 1. The summed E-state index contributed by atoms with van der Waals surface area (Å²) in [5.41, 5.74) is 1.99. The molecule has 0 saturated carbocycles. The second-order valence-corrected chi connectivity index (χ2v) is 11.2. The summed E-state index contributed by atoms with van der Waals surface area (Å²) >= 11 is 2.46. The number of hydrogen-bond acceptors (Lipinski definition) is 9. The van der Waals surface area contributed by atoms with Crippen molar-refractivity contribution >= 4 is 49.4 Å². The molecule has 12 heteroatoms. The van der Waals surface area contributed by atoms with E-state index in [4.69, 9.17) is 4.74 Å². The highest BCUT2D eigenvalue weighted by Crippen LogP contribution is 2.35. The molecule has 0 spiro atoms. The van der Waals surface area contributed by atoms with Gasteiger partial charge in [0.25, 0.3) is 0 Å². The van der Waals surface area contributed by atoms with Gasteiger partial charge in [-0.15, -0.1) is 11.3 Å². The number of sulfonamides is 1. The van der Waals surface area contributed by atoms with Crippen molar-refractivity contribution in [1.82, 2.24) is 14.8 Å². The first-order valence-corrected chi connectivity index (χ1v) is 14.1. The molecule has 1 saturated heterocycles. The SMILES string of the molecule is CN1CCN(C(=O)SNc2nc(-c3ccccc3Oc3ccc(NS(C)(=O)=O)cc3)cs2)CC1. The van der Waals surface area contributed by atoms with Gasteiger partial charge in [0.2, 0.25) is 10.0 Å². The summed E-state index contributed by atoms with van der Waals surface area (Å²) < 4.78 is 34.3. The second kappa shape index (κ2) is 10.6. The second-order valence-electron chi connectivity index (χ2n) is 7.80. The highest BCUT2D eigenvalue weighted by molar-refractivity contribution is 8.14. The molecule has 0 radical (unpaired) electrons. The summed E-state index contributed by atoms with van der Waals surface area (Å²) in [6.07, 6.45) is 1.10. The zero-order valence-electron chi connectivity index (χ0n) is 18.7. The Hall–Kier alpha value is -2.80. The number of benzene rings is 2. The molecular weight excluding hydrogens is 494 g/mol. The Labute approximate surface area is 207 Å². The van der Waals surface area contributed by atoms with Crippen molar-refractivity contribution in [3.63, 3.8) is 0 Å². The molecular formula is C22H25N5O4S3. The number of carbonyl (C=O) groups is 1. The molecule has 2 heterocycles. The number of ether oxygens (including phenoxy) is 1. The van der Waals surface area contributed by atoms with Crippen molar-refractivity contribution in [1.29, 1.82) is 0 Å². The van der Waals surface area contributed by atoms with Gasteiger partial charge >= 0.3 is 5.24 Å². The smallest absolute Gasteiger partial charge is 0.302 e. The van der Waals surface area contributed by atoms with Crippen molar-refractivity contribution in [2.24, 2.45) is 0 Å². The number of carbonyl (C=O) groups excluding carboxylic acids is 1. The van der Waals surface area contributed by atoms with Crippen molar-refractivity contribution in [2.75, 3.05) is 48.9 Å². The number of thiazole rings is 1. The molecule has 0 bridgehead atoms. The summed E-state index contributed by atoms with van der Waals surface area (Å²) in [5.74, 6) is 1.18. The number of rotatable bonds is 7. The van der Waals surface area contributed by atoms with Crippen LogP contribution in [-0.4, -0.2) is 67.9 Å². The van der Waals surface area contributed by atoms with Crippen LogP contribution < -0.4 is 14.2 Å². The highest BCUT2D eigenvalue weighted by Gasteiger charge is 2.20. The average molecular weight is 520 g/mol. The first-order chi connectivity index (χ1) is 16.3. The molecule has 3 aromatic rings. The molecule has 2 aromatic carbocycles. The van der Waals surface area contributed by atoms with E-state index < -0.39 is 10.0 Å². The van der Waals surface area contributed by atoms with Gasteiger partial charge in [-0.3, -0.25) is 14.2 Å². The van der Waals surface area contributed by atoms with Gasteiger partial charge in [0, 0.05) is 54.8 Å². The van der Waals surface area contributed by atoms with E-state index in [-0.39, 0.29) is 5.24 Å². The Kier molecular flexibility index (Phi) is 7.61. The van der Waals surface area contributed by atoms with Crippen LogP contribution in [0.15, 0.2) is 53.9 Å². The van der Waals surface area contributed by atoms with Crippen LogP contribution >= 0.6 is 23.3 Å². The number of amides is 1. The van der Waals surface area contributed by atoms with Gasteiger partial charge in [0.15, 0.2) is 5.13 Å². The molecule has 180 valence electrons. The Balaban J connectivity index is 1.40. The fourth-order valence-corrected chi connectivity index (χ4v) is 5.25. The zero-order valence-corrected chi connectivity index (χ0v) is 21.2. The van der Waals surface area contributed by atoms with Crippen LogP contribution in [0.1, 0.15) is 0 Å². The fraction of sp³-hybridized carbons (Fsp3) is 0.273. The Morgan fingerprint density at radius 1 is 1.09 bits per heavy atom. The lowest BCUT2D eigenvalue weighted by Gasteiger charge is -2.31. The van der Waals surface area contributed by atoms with Crippen molar-refractivity contribution in [2.45, 2.75) is 0 Å².